The summed E-state index contributed by atoms with van der Waals surface area (Å²) in [6, 6.07) is 5.65. The largest absolute Gasteiger partial charge is 0.453 e. The Kier molecular flexibility index (Phi) is 9.29. The molecule has 0 aromatic heterocycles. The van der Waals surface area contributed by atoms with Gasteiger partial charge in [0.05, 0.1) is 0 Å². The van der Waals surface area contributed by atoms with E-state index in [1.54, 1.807) is 38.1 Å². The molecule has 3 N–H and O–H groups in total. The number of rotatable bonds is 8. The quantitative estimate of drug-likeness (QED) is 0.458. The molecule has 1 rings (SSSR count). The fourth-order valence-electron chi connectivity index (χ4n) is 1.96. The number of benzene rings is 1. The minimum Gasteiger partial charge on any atom is -0.453 e. The van der Waals surface area contributed by atoms with E-state index in [0.717, 1.165) is 0 Å². The van der Waals surface area contributed by atoms with Crippen molar-refractivity contribution >= 4 is 35.4 Å². The zero-order valence-electron chi connectivity index (χ0n) is 15.5. The zero-order valence-corrected chi connectivity index (χ0v) is 16.3. The lowest BCUT2D eigenvalue weighted by Gasteiger charge is -2.14. The molecule has 9 heteroatoms. The van der Waals surface area contributed by atoms with Gasteiger partial charge in [-0.2, -0.15) is 0 Å². The fourth-order valence-corrected chi connectivity index (χ4v) is 2.09. The summed E-state index contributed by atoms with van der Waals surface area (Å²) in [5.41, 5.74) is 0.465. The van der Waals surface area contributed by atoms with Crippen LogP contribution in [0.25, 0.3) is 0 Å². The van der Waals surface area contributed by atoms with E-state index in [9.17, 15) is 19.2 Å². The number of amides is 4. The molecule has 148 valence electrons. The zero-order chi connectivity index (χ0) is 20.4. The van der Waals surface area contributed by atoms with Crippen LogP contribution in [0, 0.1) is 0 Å². The first kappa shape index (κ1) is 22.4. The second-order valence-corrected chi connectivity index (χ2v) is 6.55. The van der Waals surface area contributed by atoms with Gasteiger partial charge in [-0.05, 0) is 51.5 Å². The van der Waals surface area contributed by atoms with Crippen molar-refractivity contribution in [1.82, 2.24) is 16.0 Å². The highest BCUT2D eigenvalue weighted by Crippen LogP contribution is 2.09. The first-order valence-corrected chi connectivity index (χ1v) is 8.91. The predicted molar refractivity (Wildman–Crippen MR) is 100 cm³/mol. The van der Waals surface area contributed by atoms with E-state index < -0.39 is 24.0 Å². The van der Waals surface area contributed by atoms with Gasteiger partial charge in [0.2, 0.25) is 0 Å². The van der Waals surface area contributed by atoms with Crippen LogP contribution < -0.4 is 16.0 Å². The lowest BCUT2D eigenvalue weighted by Crippen LogP contribution is -2.46. The maximum atomic E-state index is 11.9. The van der Waals surface area contributed by atoms with Crippen molar-refractivity contribution in [2.24, 2.45) is 0 Å². The molecule has 1 aromatic rings. The first-order valence-electron chi connectivity index (χ1n) is 8.53. The molecule has 0 saturated heterocycles. The van der Waals surface area contributed by atoms with Gasteiger partial charge in [-0.3, -0.25) is 19.7 Å². The molecule has 1 aromatic carbocycles. The number of halogens is 1. The van der Waals surface area contributed by atoms with Crippen molar-refractivity contribution in [1.29, 1.82) is 0 Å². The van der Waals surface area contributed by atoms with Crippen molar-refractivity contribution in [2.75, 3.05) is 6.54 Å². The van der Waals surface area contributed by atoms with Crippen LogP contribution in [0.5, 0.6) is 0 Å². The normalized spacial score (nSPS) is 11.4. The highest BCUT2D eigenvalue weighted by Gasteiger charge is 2.20. The molecular weight excluding hydrogens is 374 g/mol. The van der Waals surface area contributed by atoms with E-state index in [0.29, 0.717) is 17.0 Å². The summed E-state index contributed by atoms with van der Waals surface area (Å²) in [7, 11) is 0. The molecular formula is C18H24ClN3O5. The molecule has 8 nitrogen and oxygen atoms in total. The maximum absolute atomic E-state index is 11.9. The third-order valence-corrected chi connectivity index (χ3v) is 3.54. The van der Waals surface area contributed by atoms with E-state index in [4.69, 9.17) is 16.3 Å². The summed E-state index contributed by atoms with van der Waals surface area (Å²) in [6.07, 6.45) is -0.726. The van der Waals surface area contributed by atoms with Gasteiger partial charge in [-0.25, -0.2) is 4.79 Å². The van der Waals surface area contributed by atoms with E-state index in [1.165, 1.54) is 6.92 Å². The van der Waals surface area contributed by atoms with Crippen molar-refractivity contribution in [2.45, 2.75) is 45.8 Å². The Hall–Kier alpha value is -2.61. The van der Waals surface area contributed by atoms with Crippen LogP contribution in [0.3, 0.4) is 0 Å². The Morgan fingerprint density at radius 1 is 1.07 bits per heavy atom. The highest BCUT2D eigenvalue weighted by molar-refractivity contribution is 6.30. The molecule has 0 saturated carbocycles. The molecule has 0 heterocycles. The number of esters is 1. The van der Waals surface area contributed by atoms with Crippen LogP contribution in [0.15, 0.2) is 24.3 Å². The van der Waals surface area contributed by atoms with Gasteiger partial charge in [0.1, 0.15) is 0 Å². The summed E-state index contributed by atoms with van der Waals surface area (Å²) in [5, 5.41) is 7.79. The maximum Gasteiger partial charge on any atom is 0.321 e. The molecule has 0 aliphatic heterocycles. The predicted octanol–water partition coefficient (Wildman–Crippen LogP) is 2.02. The SMILES string of the molecule is CC(C)NC(=O)NC(=O)C(C)OC(=O)CCCNC(=O)c1ccc(Cl)cc1. The minimum absolute atomic E-state index is 0.0245. The van der Waals surface area contributed by atoms with Crippen molar-refractivity contribution in [3.8, 4) is 0 Å². The van der Waals surface area contributed by atoms with Gasteiger partial charge in [-0.15, -0.1) is 0 Å². The summed E-state index contributed by atoms with van der Waals surface area (Å²) >= 11 is 5.76. The molecule has 0 spiro atoms. The van der Waals surface area contributed by atoms with Gasteiger partial charge in [0, 0.05) is 29.6 Å². The van der Waals surface area contributed by atoms with Crippen molar-refractivity contribution < 1.29 is 23.9 Å². The number of ether oxygens (including phenoxy) is 1. The lowest BCUT2D eigenvalue weighted by molar-refractivity contribution is -0.154. The summed E-state index contributed by atoms with van der Waals surface area (Å²) < 4.78 is 4.96. The summed E-state index contributed by atoms with van der Waals surface area (Å²) in [5.74, 6) is -1.58. The van der Waals surface area contributed by atoms with Crippen molar-refractivity contribution in [3.05, 3.63) is 34.9 Å². The summed E-state index contributed by atoms with van der Waals surface area (Å²) in [4.78, 5) is 46.8. The van der Waals surface area contributed by atoms with Gasteiger partial charge >= 0.3 is 12.0 Å². The van der Waals surface area contributed by atoms with Gasteiger partial charge in [0.25, 0.3) is 11.8 Å². The van der Waals surface area contributed by atoms with Crippen LogP contribution in [-0.2, 0) is 14.3 Å². The second-order valence-electron chi connectivity index (χ2n) is 6.12. The Labute approximate surface area is 163 Å². The molecule has 0 radical (unpaired) electrons. The van der Waals surface area contributed by atoms with Crippen LogP contribution in [0.4, 0.5) is 4.79 Å². The molecule has 27 heavy (non-hydrogen) atoms. The monoisotopic (exact) mass is 397 g/mol. The Balaban J connectivity index is 2.26. The average Bonchev–Trinajstić information content (AvgIpc) is 2.58. The molecule has 0 aliphatic carbocycles. The second kappa shape index (κ2) is 11.2. The third kappa shape index (κ3) is 9.05. The van der Waals surface area contributed by atoms with E-state index >= 15 is 0 Å². The number of hydrogen-bond donors (Lipinski definition) is 3. The minimum atomic E-state index is -1.10. The van der Waals surface area contributed by atoms with Gasteiger partial charge in [0.15, 0.2) is 6.10 Å². The topological polar surface area (TPSA) is 114 Å². The molecule has 1 unspecified atom stereocenters. The van der Waals surface area contributed by atoms with E-state index in [-0.39, 0.29) is 24.9 Å². The smallest absolute Gasteiger partial charge is 0.321 e. The van der Waals surface area contributed by atoms with Crippen LogP contribution in [0.2, 0.25) is 5.02 Å². The first-order chi connectivity index (χ1) is 12.7. The highest BCUT2D eigenvalue weighted by atomic mass is 35.5. The number of carbonyl (C=O) groups excluding carboxylic acids is 4. The Morgan fingerprint density at radius 3 is 2.30 bits per heavy atom. The van der Waals surface area contributed by atoms with Crippen LogP contribution in [-0.4, -0.2) is 42.5 Å². The molecule has 0 bridgehead atoms. The van der Waals surface area contributed by atoms with E-state index in [2.05, 4.69) is 16.0 Å². The van der Waals surface area contributed by atoms with Crippen LogP contribution in [0.1, 0.15) is 44.0 Å². The molecule has 0 fully saturated rings. The number of carbonyl (C=O) groups is 4. The number of hydrogen-bond acceptors (Lipinski definition) is 5. The molecule has 1 atom stereocenters. The van der Waals surface area contributed by atoms with Crippen molar-refractivity contribution in [3.63, 3.8) is 0 Å². The van der Waals surface area contributed by atoms with Gasteiger partial charge in [-0.1, -0.05) is 11.6 Å². The van der Waals surface area contributed by atoms with Gasteiger partial charge < -0.3 is 15.4 Å². The Bertz CT molecular complexity index is 676. The average molecular weight is 398 g/mol. The standard InChI is InChI=1S/C18H24ClN3O5/c1-11(2)21-18(26)22-16(24)12(3)27-15(23)5-4-10-20-17(25)13-6-8-14(19)9-7-13/h6-9,11-12H,4-5,10H2,1-3H3,(H,20,25)(H2,21,22,24,26). The number of urea groups is 1. The molecule has 0 aliphatic rings. The molecule has 4 amide bonds. The lowest BCUT2D eigenvalue weighted by atomic mass is 10.2. The van der Waals surface area contributed by atoms with E-state index in [1.807, 2.05) is 0 Å². The summed E-state index contributed by atoms with van der Waals surface area (Å²) in [6.45, 7) is 5.14. The van der Waals surface area contributed by atoms with Crippen LogP contribution >= 0.6 is 11.6 Å². The number of nitrogens with one attached hydrogen (secondary N) is 3. The Morgan fingerprint density at radius 2 is 1.70 bits per heavy atom. The fraction of sp³-hybridized carbons (Fsp3) is 0.444. The number of imide groups is 1. The third-order valence-electron chi connectivity index (χ3n) is 3.28.